The van der Waals surface area contributed by atoms with E-state index >= 15 is 0 Å². The minimum Gasteiger partial charge on any atom is -0.490 e. The molecule has 4 heteroatoms. The summed E-state index contributed by atoms with van der Waals surface area (Å²) in [7, 11) is 0. The Labute approximate surface area is 138 Å². The van der Waals surface area contributed by atoms with E-state index in [1.54, 1.807) is 0 Å². The fourth-order valence-corrected chi connectivity index (χ4v) is 3.47. The highest BCUT2D eigenvalue weighted by Crippen LogP contribution is 2.40. The number of piperidine rings is 1. The van der Waals surface area contributed by atoms with Gasteiger partial charge in [-0.3, -0.25) is 0 Å². The summed E-state index contributed by atoms with van der Waals surface area (Å²) in [6, 6.07) is 12.5. The van der Waals surface area contributed by atoms with E-state index in [1.165, 1.54) is 11.1 Å². The molecule has 4 rings (SSSR count). The van der Waals surface area contributed by atoms with Crippen molar-refractivity contribution >= 4 is 15.9 Å². The topological polar surface area (TPSA) is 30.5 Å². The SMILES string of the molecule is Brc1ccc2c(c1)-c1ccc(OC3CCNCC3)cc1OC2. The Balaban J connectivity index is 1.62. The van der Waals surface area contributed by atoms with Gasteiger partial charge < -0.3 is 14.8 Å². The van der Waals surface area contributed by atoms with Crippen LogP contribution in [0.15, 0.2) is 40.9 Å². The molecule has 0 unspecified atom stereocenters. The first-order valence-corrected chi connectivity index (χ1v) is 8.52. The van der Waals surface area contributed by atoms with Crippen LogP contribution in [-0.2, 0) is 6.61 Å². The van der Waals surface area contributed by atoms with Gasteiger partial charge in [-0.05, 0) is 61.3 Å². The van der Waals surface area contributed by atoms with Gasteiger partial charge in [0.15, 0.2) is 0 Å². The second-order valence-corrected chi connectivity index (χ2v) is 6.73. The van der Waals surface area contributed by atoms with Crippen LogP contribution in [0.4, 0.5) is 0 Å². The van der Waals surface area contributed by atoms with Crippen LogP contribution in [0, 0.1) is 0 Å². The van der Waals surface area contributed by atoms with Crippen LogP contribution in [0.2, 0.25) is 0 Å². The minimum atomic E-state index is 0.310. The van der Waals surface area contributed by atoms with Gasteiger partial charge in [0, 0.05) is 16.1 Å². The molecule has 2 aromatic carbocycles. The average Bonchev–Trinajstić information content (AvgIpc) is 2.55. The summed E-state index contributed by atoms with van der Waals surface area (Å²) in [5.74, 6) is 1.82. The van der Waals surface area contributed by atoms with E-state index in [2.05, 4.69) is 51.6 Å². The highest BCUT2D eigenvalue weighted by atomic mass is 79.9. The molecule has 0 aromatic heterocycles. The number of halogens is 1. The molecule has 22 heavy (non-hydrogen) atoms. The van der Waals surface area contributed by atoms with Crippen molar-refractivity contribution in [2.45, 2.75) is 25.6 Å². The molecule has 1 N–H and O–H groups in total. The van der Waals surface area contributed by atoms with Crippen molar-refractivity contribution in [2.75, 3.05) is 13.1 Å². The average molecular weight is 360 g/mol. The molecule has 2 aliphatic heterocycles. The molecular weight excluding hydrogens is 342 g/mol. The van der Waals surface area contributed by atoms with Gasteiger partial charge in [-0.25, -0.2) is 0 Å². The third-order valence-electron chi connectivity index (χ3n) is 4.29. The van der Waals surface area contributed by atoms with Crippen molar-refractivity contribution < 1.29 is 9.47 Å². The Morgan fingerprint density at radius 3 is 2.77 bits per heavy atom. The van der Waals surface area contributed by atoms with E-state index in [9.17, 15) is 0 Å². The van der Waals surface area contributed by atoms with Gasteiger partial charge in [-0.1, -0.05) is 22.0 Å². The molecular formula is C18H18BrNO2. The molecule has 0 amide bonds. The molecule has 3 nitrogen and oxygen atoms in total. The first-order chi connectivity index (χ1) is 10.8. The van der Waals surface area contributed by atoms with Crippen LogP contribution in [-0.4, -0.2) is 19.2 Å². The highest BCUT2D eigenvalue weighted by Gasteiger charge is 2.20. The number of ether oxygens (including phenoxy) is 2. The van der Waals surface area contributed by atoms with Gasteiger partial charge in [-0.2, -0.15) is 0 Å². The van der Waals surface area contributed by atoms with E-state index in [-0.39, 0.29) is 0 Å². The largest absolute Gasteiger partial charge is 0.490 e. The maximum atomic E-state index is 6.10. The van der Waals surface area contributed by atoms with Crippen molar-refractivity contribution in [3.63, 3.8) is 0 Å². The monoisotopic (exact) mass is 359 g/mol. The van der Waals surface area contributed by atoms with E-state index in [4.69, 9.17) is 9.47 Å². The number of hydrogen-bond donors (Lipinski definition) is 1. The maximum absolute atomic E-state index is 6.10. The summed E-state index contributed by atoms with van der Waals surface area (Å²) in [6.45, 7) is 2.69. The Morgan fingerprint density at radius 2 is 1.91 bits per heavy atom. The van der Waals surface area contributed by atoms with Crippen molar-refractivity contribution in [3.05, 3.63) is 46.4 Å². The molecule has 0 spiro atoms. The lowest BCUT2D eigenvalue weighted by Crippen LogP contribution is -2.34. The van der Waals surface area contributed by atoms with E-state index < -0.39 is 0 Å². The van der Waals surface area contributed by atoms with E-state index in [0.717, 1.165) is 47.5 Å². The van der Waals surface area contributed by atoms with Crippen LogP contribution in [0.3, 0.4) is 0 Å². The zero-order valence-electron chi connectivity index (χ0n) is 12.3. The standard InChI is InChI=1S/C18H18BrNO2/c19-13-2-1-12-11-21-18-10-15(3-4-16(18)17(12)9-13)22-14-5-7-20-8-6-14/h1-4,9-10,14,20H,5-8,11H2. The van der Waals surface area contributed by atoms with Crippen molar-refractivity contribution in [3.8, 4) is 22.6 Å². The number of benzene rings is 2. The van der Waals surface area contributed by atoms with Gasteiger partial charge in [0.05, 0.1) is 0 Å². The number of rotatable bonds is 2. The summed E-state index contributed by atoms with van der Waals surface area (Å²) in [5, 5.41) is 3.36. The molecule has 0 radical (unpaired) electrons. The maximum Gasteiger partial charge on any atom is 0.131 e. The minimum absolute atomic E-state index is 0.310. The fraction of sp³-hybridized carbons (Fsp3) is 0.333. The number of nitrogens with one attached hydrogen (secondary N) is 1. The lowest BCUT2D eigenvalue weighted by atomic mass is 9.97. The summed E-state index contributed by atoms with van der Waals surface area (Å²) in [5.41, 5.74) is 3.60. The molecule has 2 heterocycles. The van der Waals surface area contributed by atoms with Crippen LogP contribution in [0.1, 0.15) is 18.4 Å². The lowest BCUT2D eigenvalue weighted by Gasteiger charge is -2.25. The van der Waals surface area contributed by atoms with Gasteiger partial charge in [0.1, 0.15) is 24.2 Å². The first-order valence-electron chi connectivity index (χ1n) is 7.72. The zero-order valence-corrected chi connectivity index (χ0v) is 13.9. The molecule has 0 atom stereocenters. The van der Waals surface area contributed by atoms with Crippen molar-refractivity contribution in [1.82, 2.24) is 5.32 Å². The van der Waals surface area contributed by atoms with Gasteiger partial charge in [0.2, 0.25) is 0 Å². The molecule has 2 aromatic rings. The molecule has 1 saturated heterocycles. The second-order valence-electron chi connectivity index (χ2n) is 5.82. The normalized spacial score (nSPS) is 17.3. The van der Waals surface area contributed by atoms with Gasteiger partial charge in [-0.15, -0.1) is 0 Å². The third-order valence-corrected chi connectivity index (χ3v) is 4.78. The lowest BCUT2D eigenvalue weighted by molar-refractivity contribution is 0.161. The molecule has 114 valence electrons. The van der Waals surface area contributed by atoms with Crippen LogP contribution in [0.5, 0.6) is 11.5 Å². The molecule has 0 aliphatic carbocycles. The molecule has 2 aliphatic rings. The highest BCUT2D eigenvalue weighted by molar-refractivity contribution is 9.10. The molecule has 1 fully saturated rings. The number of hydrogen-bond acceptors (Lipinski definition) is 3. The molecule has 0 bridgehead atoms. The summed E-state index contributed by atoms with van der Waals surface area (Å²) in [6.07, 6.45) is 2.44. The fourth-order valence-electron chi connectivity index (χ4n) is 3.10. The second kappa shape index (κ2) is 5.94. The van der Waals surface area contributed by atoms with Gasteiger partial charge in [0.25, 0.3) is 0 Å². The van der Waals surface area contributed by atoms with Crippen LogP contribution < -0.4 is 14.8 Å². The van der Waals surface area contributed by atoms with Gasteiger partial charge >= 0.3 is 0 Å². The quantitative estimate of drug-likeness (QED) is 0.873. The third kappa shape index (κ3) is 2.73. The Bertz CT molecular complexity index is 695. The predicted octanol–water partition coefficient (Wildman–Crippen LogP) is 4.14. The Hall–Kier alpha value is -1.52. The van der Waals surface area contributed by atoms with Crippen LogP contribution in [0.25, 0.3) is 11.1 Å². The molecule has 0 saturated carbocycles. The summed E-state index contributed by atoms with van der Waals surface area (Å²) < 4.78 is 13.1. The van der Waals surface area contributed by atoms with Crippen molar-refractivity contribution in [2.24, 2.45) is 0 Å². The van der Waals surface area contributed by atoms with Crippen LogP contribution >= 0.6 is 15.9 Å². The predicted molar refractivity (Wildman–Crippen MR) is 90.4 cm³/mol. The summed E-state index contributed by atoms with van der Waals surface area (Å²) >= 11 is 3.55. The van der Waals surface area contributed by atoms with E-state index in [0.29, 0.717) is 12.7 Å². The number of fused-ring (bicyclic) bond motifs is 3. The Morgan fingerprint density at radius 1 is 1.05 bits per heavy atom. The first kappa shape index (κ1) is 14.1. The van der Waals surface area contributed by atoms with Crippen molar-refractivity contribution in [1.29, 1.82) is 0 Å². The summed E-state index contributed by atoms with van der Waals surface area (Å²) in [4.78, 5) is 0. The Kier molecular flexibility index (Phi) is 3.80. The van der Waals surface area contributed by atoms with E-state index in [1.807, 2.05) is 6.07 Å². The zero-order chi connectivity index (χ0) is 14.9. The smallest absolute Gasteiger partial charge is 0.131 e.